The van der Waals surface area contributed by atoms with Gasteiger partial charge < -0.3 is 4.98 Å². The Balaban J connectivity index is 2.38. The molecule has 1 aromatic heterocycles. The smallest absolute Gasteiger partial charge is 0.251 e. The average molecular weight is 195 g/mol. The fourth-order valence-electron chi connectivity index (χ4n) is 0.745. The molecule has 1 heterocycles. The number of H-pyrrole nitrogens is 1. The largest absolute Gasteiger partial charge is 0.301 e. The number of nitrogens with one attached hydrogen (secondary N) is 1. The number of hydrogen-bond donors (Lipinski definition) is 1. The molecule has 0 aliphatic carbocycles. The number of aromatic nitrogens is 2. The van der Waals surface area contributed by atoms with Gasteiger partial charge >= 0.3 is 0 Å². The molecule has 1 aromatic rings. The molecule has 0 unspecified atom stereocenters. The Morgan fingerprint density at radius 1 is 1.69 bits per heavy atom. The van der Waals surface area contributed by atoms with E-state index in [4.69, 9.17) is 5.26 Å². The predicted molar refractivity (Wildman–Crippen MR) is 50.4 cm³/mol. The predicted octanol–water partition coefficient (Wildman–Crippen LogP) is 1.17. The molecule has 0 bridgehead atoms. The summed E-state index contributed by atoms with van der Waals surface area (Å²) in [4.78, 5) is 17.4. The fourth-order valence-corrected chi connectivity index (χ4v) is 1.54. The number of unbranched alkanes of at least 4 members (excludes halogenated alkanes) is 1. The molecule has 4 nitrogen and oxygen atoms in total. The Labute approximate surface area is 80.0 Å². The molecule has 0 amide bonds. The molecule has 0 atom stereocenters. The summed E-state index contributed by atoms with van der Waals surface area (Å²) in [6.45, 7) is 0. The van der Waals surface area contributed by atoms with Crippen LogP contribution in [0.25, 0.3) is 0 Å². The summed E-state index contributed by atoms with van der Waals surface area (Å²) in [6, 6.07) is 3.43. The standard InChI is InChI=1S/C8H9N3OS/c9-4-1-2-6-13-8-10-5-3-7(12)11-8/h3,5H,1-2,6H2,(H,10,11,12). The minimum atomic E-state index is -0.141. The van der Waals surface area contributed by atoms with Crippen molar-refractivity contribution in [3.05, 3.63) is 22.6 Å². The first-order chi connectivity index (χ1) is 6.33. The molecule has 1 rings (SSSR count). The van der Waals surface area contributed by atoms with Crippen molar-refractivity contribution >= 4 is 11.8 Å². The lowest BCUT2D eigenvalue weighted by Gasteiger charge is -1.96. The molecule has 68 valence electrons. The number of thioether (sulfide) groups is 1. The minimum absolute atomic E-state index is 0.141. The van der Waals surface area contributed by atoms with Crippen molar-refractivity contribution in [2.45, 2.75) is 18.0 Å². The summed E-state index contributed by atoms with van der Waals surface area (Å²) in [5, 5.41) is 8.89. The van der Waals surface area contributed by atoms with Gasteiger partial charge in [-0.2, -0.15) is 5.26 Å². The van der Waals surface area contributed by atoms with Crippen LogP contribution in [0.3, 0.4) is 0 Å². The molecule has 0 aliphatic heterocycles. The Kier molecular flexibility index (Phi) is 4.06. The van der Waals surface area contributed by atoms with E-state index in [-0.39, 0.29) is 5.56 Å². The lowest BCUT2D eigenvalue weighted by Crippen LogP contribution is -2.05. The van der Waals surface area contributed by atoms with Crippen LogP contribution in [0.5, 0.6) is 0 Å². The van der Waals surface area contributed by atoms with Gasteiger partial charge in [0.15, 0.2) is 5.16 Å². The van der Waals surface area contributed by atoms with Gasteiger partial charge in [0.2, 0.25) is 0 Å². The zero-order valence-electron chi connectivity index (χ0n) is 6.99. The summed E-state index contributed by atoms with van der Waals surface area (Å²) in [7, 11) is 0. The van der Waals surface area contributed by atoms with Crippen molar-refractivity contribution in [2.75, 3.05) is 5.75 Å². The number of aromatic amines is 1. The maximum Gasteiger partial charge on any atom is 0.251 e. The van der Waals surface area contributed by atoms with Crippen molar-refractivity contribution in [1.82, 2.24) is 9.97 Å². The third kappa shape index (κ3) is 3.76. The molecule has 1 N–H and O–H groups in total. The van der Waals surface area contributed by atoms with Gasteiger partial charge in [0, 0.05) is 24.4 Å². The van der Waals surface area contributed by atoms with Gasteiger partial charge in [-0.05, 0) is 6.42 Å². The van der Waals surface area contributed by atoms with E-state index in [1.54, 1.807) is 0 Å². The zero-order chi connectivity index (χ0) is 9.52. The van der Waals surface area contributed by atoms with Crippen molar-refractivity contribution in [3.8, 4) is 6.07 Å². The number of hydrogen-bond acceptors (Lipinski definition) is 4. The van der Waals surface area contributed by atoms with E-state index in [0.717, 1.165) is 12.2 Å². The summed E-state index contributed by atoms with van der Waals surface area (Å²) in [6.07, 6.45) is 2.84. The van der Waals surface area contributed by atoms with Gasteiger partial charge in [0.05, 0.1) is 6.07 Å². The monoisotopic (exact) mass is 195 g/mol. The summed E-state index contributed by atoms with van der Waals surface area (Å²) in [5.41, 5.74) is -0.141. The quantitative estimate of drug-likeness (QED) is 0.444. The van der Waals surface area contributed by atoms with Crippen molar-refractivity contribution in [2.24, 2.45) is 0 Å². The summed E-state index contributed by atoms with van der Waals surface area (Å²) in [5.74, 6) is 0.806. The number of rotatable bonds is 4. The fraction of sp³-hybridized carbons (Fsp3) is 0.375. The van der Waals surface area contributed by atoms with E-state index >= 15 is 0 Å². The zero-order valence-corrected chi connectivity index (χ0v) is 7.80. The Bertz CT molecular complexity index is 355. The second-order valence-electron chi connectivity index (χ2n) is 2.35. The van der Waals surface area contributed by atoms with Gasteiger partial charge in [-0.1, -0.05) is 11.8 Å². The van der Waals surface area contributed by atoms with E-state index in [1.165, 1.54) is 24.0 Å². The van der Waals surface area contributed by atoms with E-state index in [9.17, 15) is 4.79 Å². The van der Waals surface area contributed by atoms with Crippen molar-refractivity contribution in [1.29, 1.82) is 5.26 Å². The van der Waals surface area contributed by atoms with E-state index in [2.05, 4.69) is 16.0 Å². The normalized spacial score (nSPS) is 9.46. The first-order valence-electron chi connectivity index (χ1n) is 3.88. The molecule has 0 saturated carbocycles. The Hall–Kier alpha value is -1.28. The molecule has 0 fully saturated rings. The maximum absolute atomic E-state index is 10.8. The van der Waals surface area contributed by atoms with Gasteiger partial charge in [-0.3, -0.25) is 4.79 Å². The lowest BCUT2D eigenvalue weighted by molar-refractivity contribution is 0.923. The summed E-state index contributed by atoms with van der Waals surface area (Å²) < 4.78 is 0. The maximum atomic E-state index is 10.8. The molecular formula is C8H9N3OS. The van der Waals surface area contributed by atoms with E-state index < -0.39 is 0 Å². The number of nitriles is 1. The van der Waals surface area contributed by atoms with Gasteiger partial charge in [-0.25, -0.2) is 4.98 Å². The SMILES string of the molecule is N#CCCCSc1nccc(=O)[nH]1. The highest BCUT2D eigenvalue weighted by Gasteiger charge is 1.95. The average Bonchev–Trinajstić information content (AvgIpc) is 2.13. The van der Waals surface area contributed by atoms with Gasteiger partial charge in [0.25, 0.3) is 5.56 Å². The molecular weight excluding hydrogens is 186 g/mol. The molecule has 0 radical (unpaired) electrons. The molecule has 0 spiro atoms. The number of nitrogens with zero attached hydrogens (tertiary/aromatic N) is 2. The molecule has 13 heavy (non-hydrogen) atoms. The van der Waals surface area contributed by atoms with E-state index in [0.29, 0.717) is 11.6 Å². The third-order valence-electron chi connectivity index (χ3n) is 1.32. The topological polar surface area (TPSA) is 69.5 Å². The van der Waals surface area contributed by atoms with Gasteiger partial charge in [-0.15, -0.1) is 0 Å². The van der Waals surface area contributed by atoms with Crippen LogP contribution >= 0.6 is 11.8 Å². The lowest BCUT2D eigenvalue weighted by atomic mass is 10.4. The summed E-state index contributed by atoms with van der Waals surface area (Å²) >= 11 is 1.46. The third-order valence-corrected chi connectivity index (χ3v) is 2.29. The molecule has 0 saturated heterocycles. The second-order valence-corrected chi connectivity index (χ2v) is 3.43. The highest BCUT2D eigenvalue weighted by atomic mass is 32.2. The highest BCUT2D eigenvalue weighted by Crippen LogP contribution is 2.11. The van der Waals surface area contributed by atoms with Crippen LogP contribution in [0.4, 0.5) is 0 Å². The van der Waals surface area contributed by atoms with Crippen LogP contribution in [0, 0.1) is 11.3 Å². The van der Waals surface area contributed by atoms with Crippen molar-refractivity contribution in [3.63, 3.8) is 0 Å². The van der Waals surface area contributed by atoms with Gasteiger partial charge in [0.1, 0.15) is 0 Å². The molecule has 0 aliphatic rings. The van der Waals surface area contributed by atoms with Crippen LogP contribution in [0.15, 0.2) is 22.2 Å². The first-order valence-corrected chi connectivity index (χ1v) is 4.86. The Morgan fingerprint density at radius 3 is 3.23 bits per heavy atom. The van der Waals surface area contributed by atoms with Crippen LogP contribution in [0.1, 0.15) is 12.8 Å². The highest BCUT2D eigenvalue weighted by molar-refractivity contribution is 7.99. The second kappa shape index (κ2) is 5.38. The van der Waals surface area contributed by atoms with Crippen molar-refractivity contribution < 1.29 is 0 Å². The van der Waals surface area contributed by atoms with Crippen LogP contribution < -0.4 is 5.56 Å². The van der Waals surface area contributed by atoms with E-state index in [1.807, 2.05) is 0 Å². The van der Waals surface area contributed by atoms with Crippen LogP contribution in [0.2, 0.25) is 0 Å². The van der Waals surface area contributed by atoms with Crippen LogP contribution in [-0.4, -0.2) is 15.7 Å². The molecule has 0 aromatic carbocycles. The Morgan fingerprint density at radius 2 is 2.54 bits per heavy atom. The minimum Gasteiger partial charge on any atom is -0.301 e. The molecule has 5 heteroatoms. The van der Waals surface area contributed by atoms with Crippen LogP contribution in [-0.2, 0) is 0 Å². The first kappa shape index (κ1) is 9.81.